The van der Waals surface area contributed by atoms with Crippen molar-refractivity contribution in [1.82, 2.24) is 0 Å². The fraction of sp³-hybridized carbons (Fsp3) is 0.417. The molecule has 1 aromatic carbocycles. The minimum atomic E-state index is -2.21. The third-order valence-electron chi connectivity index (χ3n) is 2.00. The lowest BCUT2D eigenvalue weighted by Crippen LogP contribution is -2.12. The molecule has 0 unspecified atom stereocenters. The molecular weight excluding hydrogens is 268 g/mol. The van der Waals surface area contributed by atoms with Crippen molar-refractivity contribution >= 4 is 6.21 Å². The van der Waals surface area contributed by atoms with E-state index in [1.807, 2.05) is 20.8 Å². The topological polar surface area (TPSA) is 21.6 Å². The highest BCUT2D eigenvalue weighted by Crippen LogP contribution is 2.21. The predicted molar refractivity (Wildman–Crippen MR) is 59.2 cm³/mol. The molecule has 19 heavy (non-hydrogen) atoms. The molecule has 0 aliphatic rings. The van der Waals surface area contributed by atoms with Crippen LogP contribution in [0.15, 0.2) is 5.16 Å². The normalized spacial score (nSPS) is 12.2. The van der Waals surface area contributed by atoms with Crippen molar-refractivity contribution in [3.63, 3.8) is 0 Å². The molecule has 1 rings (SSSR count). The van der Waals surface area contributed by atoms with Crippen molar-refractivity contribution in [3.05, 3.63) is 34.6 Å². The highest BCUT2D eigenvalue weighted by molar-refractivity contribution is 5.80. The molecule has 0 aliphatic carbocycles. The first kappa shape index (κ1) is 15.4. The summed E-state index contributed by atoms with van der Waals surface area (Å²) < 4.78 is 64.8. The van der Waals surface area contributed by atoms with Gasteiger partial charge in [-0.25, -0.2) is 22.0 Å². The van der Waals surface area contributed by atoms with E-state index in [0.717, 1.165) is 0 Å². The van der Waals surface area contributed by atoms with E-state index in [1.165, 1.54) is 0 Å². The van der Waals surface area contributed by atoms with E-state index in [1.54, 1.807) is 0 Å². The van der Waals surface area contributed by atoms with Gasteiger partial charge in [-0.2, -0.15) is 0 Å². The van der Waals surface area contributed by atoms with Gasteiger partial charge in [-0.1, -0.05) is 25.9 Å². The quantitative estimate of drug-likeness (QED) is 0.271. The van der Waals surface area contributed by atoms with Gasteiger partial charge >= 0.3 is 0 Å². The van der Waals surface area contributed by atoms with Crippen LogP contribution in [-0.4, -0.2) is 12.8 Å². The van der Waals surface area contributed by atoms with Gasteiger partial charge in [-0.3, -0.25) is 0 Å². The second-order valence-electron chi connectivity index (χ2n) is 5.05. The third kappa shape index (κ3) is 3.65. The molecule has 0 spiro atoms. The van der Waals surface area contributed by atoms with Crippen molar-refractivity contribution in [2.24, 2.45) is 10.6 Å². The Balaban J connectivity index is 2.99. The standard InChI is InChI=1S/C12H12F5NO/c1-12(2,3)5-19-18-4-6-7(13)9(15)11(17)10(16)8(6)14/h4H,5H2,1-3H3/b18-4+/i17-1. The third-order valence-corrected chi connectivity index (χ3v) is 2.00. The van der Waals surface area contributed by atoms with Crippen LogP contribution in [0.2, 0.25) is 0 Å². The van der Waals surface area contributed by atoms with E-state index < -0.39 is 34.6 Å². The molecule has 7 heteroatoms. The van der Waals surface area contributed by atoms with Crippen LogP contribution in [0.1, 0.15) is 26.3 Å². The van der Waals surface area contributed by atoms with Crippen LogP contribution in [0.5, 0.6) is 0 Å². The maximum atomic E-state index is 13.2. The zero-order valence-corrected chi connectivity index (χ0v) is 10.5. The van der Waals surface area contributed by atoms with Crippen molar-refractivity contribution < 1.29 is 26.8 Å². The Hall–Kier alpha value is -1.66. The molecule has 0 N–H and O–H groups in total. The van der Waals surface area contributed by atoms with Gasteiger partial charge in [0.15, 0.2) is 23.3 Å². The van der Waals surface area contributed by atoms with Gasteiger partial charge < -0.3 is 4.84 Å². The van der Waals surface area contributed by atoms with Crippen molar-refractivity contribution in [1.29, 1.82) is 0 Å². The summed E-state index contributed by atoms with van der Waals surface area (Å²) in [7, 11) is 0. The predicted octanol–water partition coefficient (Wildman–Crippen LogP) is 3.78. The molecule has 0 bridgehead atoms. The monoisotopic (exact) mass is 280 g/mol. The van der Waals surface area contributed by atoms with Gasteiger partial charge in [0, 0.05) is 0 Å². The SMILES string of the molecule is CC(C)(C)CO/N=C/c1c(F)c(F)c([18F])c(F)c1F. The van der Waals surface area contributed by atoms with Crippen LogP contribution in [0.3, 0.4) is 0 Å². The van der Waals surface area contributed by atoms with E-state index in [4.69, 9.17) is 4.84 Å². The molecule has 0 amide bonds. The van der Waals surface area contributed by atoms with E-state index >= 15 is 0 Å². The van der Waals surface area contributed by atoms with Crippen molar-refractivity contribution in [3.8, 4) is 0 Å². The summed E-state index contributed by atoms with van der Waals surface area (Å²) in [4.78, 5) is 4.72. The average molecular weight is 280 g/mol. The Bertz CT molecular complexity index is 479. The van der Waals surface area contributed by atoms with Gasteiger partial charge in [0.1, 0.15) is 6.61 Å². The molecule has 0 saturated heterocycles. The van der Waals surface area contributed by atoms with E-state index in [0.29, 0.717) is 6.21 Å². The van der Waals surface area contributed by atoms with Crippen LogP contribution in [-0.2, 0) is 4.84 Å². The maximum Gasteiger partial charge on any atom is 0.200 e. The molecule has 1 aromatic rings. The molecule has 0 atom stereocenters. The molecule has 0 radical (unpaired) electrons. The summed E-state index contributed by atoms with van der Waals surface area (Å²) >= 11 is 0. The Morgan fingerprint density at radius 3 is 1.74 bits per heavy atom. The molecule has 2 nitrogen and oxygen atoms in total. The minimum Gasteiger partial charge on any atom is -0.395 e. The van der Waals surface area contributed by atoms with Gasteiger partial charge in [-0.15, -0.1) is 0 Å². The van der Waals surface area contributed by atoms with Crippen LogP contribution in [0.4, 0.5) is 22.0 Å². The molecule has 0 heterocycles. The number of rotatable bonds is 3. The summed E-state index contributed by atoms with van der Waals surface area (Å²) in [6.45, 7) is 5.58. The number of hydrogen-bond donors (Lipinski definition) is 0. The lowest BCUT2D eigenvalue weighted by atomic mass is 9.99. The zero-order chi connectivity index (χ0) is 14.8. The number of nitrogens with zero attached hydrogens (tertiary/aromatic N) is 1. The molecule has 106 valence electrons. The van der Waals surface area contributed by atoms with Gasteiger partial charge in [0.25, 0.3) is 0 Å². The van der Waals surface area contributed by atoms with Crippen LogP contribution >= 0.6 is 0 Å². The first-order chi connectivity index (χ1) is 8.65. The fourth-order valence-corrected chi connectivity index (χ4v) is 1.06. The first-order valence-electron chi connectivity index (χ1n) is 5.32. The van der Waals surface area contributed by atoms with Gasteiger partial charge in [0.2, 0.25) is 5.82 Å². The highest BCUT2D eigenvalue weighted by atomic mass is 19.2. The Labute approximate surface area is 106 Å². The summed E-state index contributed by atoms with van der Waals surface area (Å²) in [6, 6.07) is 0. The lowest BCUT2D eigenvalue weighted by Gasteiger charge is -2.15. The second-order valence-corrected chi connectivity index (χ2v) is 5.05. The van der Waals surface area contributed by atoms with E-state index in [2.05, 4.69) is 5.16 Å². The number of halogens is 5. The summed E-state index contributed by atoms with van der Waals surface area (Å²) in [6.07, 6.45) is 0.460. The van der Waals surface area contributed by atoms with E-state index in [9.17, 15) is 22.0 Å². The minimum absolute atomic E-state index is 0.124. The van der Waals surface area contributed by atoms with Crippen LogP contribution in [0, 0.1) is 34.5 Å². The van der Waals surface area contributed by atoms with Crippen LogP contribution in [0.25, 0.3) is 0 Å². The summed E-state index contributed by atoms with van der Waals surface area (Å²) in [5.41, 5.74) is -1.39. The molecule has 0 fully saturated rings. The van der Waals surface area contributed by atoms with Crippen molar-refractivity contribution in [2.75, 3.05) is 6.61 Å². The highest BCUT2D eigenvalue weighted by Gasteiger charge is 2.24. The van der Waals surface area contributed by atoms with Gasteiger partial charge in [0.05, 0.1) is 11.8 Å². The van der Waals surface area contributed by atoms with Crippen LogP contribution < -0.4 is 0 Å². The zero-order valence-electron chi connectivity index (χ0n) is 10.5. The van der Waals surface area contributed by atoms with Gasteiger partial charge in [-0.05, 0) is 5.41 Å². The maximum absolute atomic E-state index is 13.2. The Morgan fingerprint density at radius 1 is 0.895 bits per heavy atom. The lowest BCUT2D eigenvalue weighted by molar-refractivity contribution is 0.0782. The number of oxime groups is 1. The second kappa shape index (κ2) is 5.54. The summed E-state index contributed by atoms with van der Waals surface area (Å²) in [5.74, 6) is -10.1. The molecule has 0 saturated carbocycles. The molecular formula is C12H12F5NO. The summed E-state index contributed by atoms with van der Waals surface area (Å²) in [5, 5.41) is 3.20. The molecule has 0 aliphatic heterocycles. The number of benzene rings is 1. The Morgan fingerprint density at radius 2 is 1.32 bits per heavy atom. The Kier molecular flexibility index (Phi) is 4.49. The average Bonchev–Trinajstić information content (AvgIpc) is 2.32. The van der Waals surface area contributed by atoms with Crippen molar-refractivity contribution in [2.45, 2.75) is 20.8 Å². The number of hydrogen-bond acceptors (Lipinski definition) is 2. The first-order valence-corrected chi connectivity index (χ1v) is 5.32. The smallest absolute Gasteiger partial charge is 0.200 e. The molecule has 0 aromatic heterocycles. The largest absolute Gasteiger partial charge is 0.395 e. The fourth-order valence-electron chi connectivity index (χ4n) is 1.06. The van der Waals surface area contributed by atoms with E-state index in [-0.39, 0.29) is 12.0 Å².